The molecular formula is C14H24N4O2. The second-order valence-electron chi connectivity index (χ2n) is 5.37. The molecule has 20 heavy (non-hydrogen) atoms. The van der Waals surface area contributed by atoms with E-state index in [1.165, 1.54) is 0 Å². The molecule has 1 aromatic rings. The minimum absolute atomic E-state index is 0.0623. The van der Waals surface area contributed by atoms with Crippen LogP contribution < -0.4 is 0 Å². The second-order valence-corrected chi connectivity index (χ2v) is 5.37. The molecule has 6 heteroatoms. The Bertz CT molecular complexity index is 460. The molecule has 0 aromatic carbocycles. The molecule has 1 N–H and O–H groups in total. The van der Waals surface area contributed by atoms with Crippen molar-refractivity contribution in [2.75, 3.05) is 32.8 Å². The van der Waals surface area contributed by atoms with Crippen LogP contribution in [0.4, 0.5) is 0 Å². The summed E-state index contributed by atoms with van der Waals surface area (Å²) in [5.41, 5.74) is 1.47. The predicted molar refractivity (Wildman–Crippen MR) is 76.6 cm³/mol. The highest BCUT2D eigenvalue weighted by atomic mass is 16.3. The van der Waals surface area contributed by atoms with Crippen molar-refractivity contribution in [2.45, 2.75) is 26.3 Å². The molecule has 1 amide bonds. The summed E-state index contributed by atoms with van der Waals surface area (Å²) in [5.74, 6) is 0.0623. The van der Waals surface area contributed by atoms with Crippen molar-refractivity contribution in [3.63, 3.8) is 0 Å². The fourth-order valence-corrected chi connectivity index (χ4v) is 2.77. The van der Waals surface area contributed by atoms with Gasteiger partial charge >= 0.3 is 0 Å². The third-order valence-electron chi connectivity index (χ3n) is 4.04. The van der Waals surface area contributed by atoms with Crippen molar-refractivity contribution in [3.05, 3.63) is 17.5 Å². The van der Waals surface area contributed by atoms with Crippen molar-refractivity contribution in [2.24, 2.45) is 7.05 Å². The minimum Gasteiger partial charge on any atom is -0.395 e. The molecule has 1 unspecified atom stereocenters. The number of hydrogen-bond donors (Lipinski definition) is 1. The number of aryl methyl sites for hydroxylation is 2. The molecule has 1 fully saturated rings. The van der Waals surface area contributed by atoms with E-state index in [2.05, 4.69) is 16.9 Å². The van der Waals surface area contributed by atoms with Crippen molar-refractivity contribution in [1.82, 2.24) is 19.6 Å². The van der Waals surface area contributed by atoms with Crippen LogP contribution in [-0.4, -0.2) is 69.4 Å². The molecule has 0 saturated carbocycles. The Balaban J connectivity index is 1.97. The van der Waals surface area contributed by atoms with Crippen LogP contribution in [0, 0.1) is 6.92 Å². The molecule has 0 bridgehead atoms. The van der Waals surface area contributed by atoms with E-state index in [0.717, 1.165) is 25.2 Å². The minimum atomic E-state index is 0.0623. The van der Waals surface area contributed by atoms with Gasteiger partial charge in [-0.2, -0.15) is 5.10 Å². The fourth-order valence-electron chi connectivity index (χ4n) is 2.77. The van der Waals surface area contributed by atoms with E-state index < -0.39 is 0 Å². The first-order chi connectivity index (χ1) is 9.56. The molecule has 1 saturated heterocycles. The Morgan fingerprint density at radius 1 is 1.40 bits per heavy atom. The number of aliphatic hydroxyl groups excluding tert-OH is 1. The zero-order valence-electron chi connectivity index (χ0n) is 12.5. The lowest BCUT2D eigenvalue weighted by Gasteiger charge is -2.38. The molecule has 112 valence electrons. The number of carbonyl (C=O) groups is 1. The summed E-state index contributed by atoms with van der Waals surface area (Å²) in [6.45, 7) is 7.20. The van der Waals surface area contributed by atoms with E-state index >= 15 is 0 Å². The van der Waals surface area contributed by atoms with Crippen molar-refractivity contribution in [1.29, 1.82) is 0 Å². The standard InChI is InChI=1S/C14H24N4O2/c1-4-12(10-19)17-5-7-18(8-6-17)14(20)13-9-16(3)15-11(13)2/h9,12,19H,4-8,10H2,1-3H3. The molecule has 2 rings (SSSR count). The molecular weight excluding hydrogens is 256 g/mol. The van der Waals surface area contributed by atoms with E-state index in [-0.39, 0.29) is 18.6 Å². The largest absolute Gasteiger partial charge is 0.395 e. The van der Waals surface area contributed by atoms with E-state index in [0.29, 0.717) is 18.7 Å². The normalized spacial score (nSPS) is 18.3. The lowest BCUT2D eigenvalue weighted by molar-refractivity contribution is 0.0472. The Kier molecular flexibility index (Phi) is 4.77. The van der Waals surface area contributed by atoms with Crippen molar-refractivity contribution in [3.8, 4) is 0 Å². The summed E-state index contributed by atoms with van der Waals surface area (Å²) >= 11 is 0. The summed E-state index contributed by atoms with van der Waals surface area (Å²) in [6, 6.07) is 0.215. The van der Waals surface area contributed by atoms with Gasteiger partial charge in [-0.15, -0.1) is 0 Å². The monoisotopic (exact) mass is 280 g/mol. The van der Waals surface area contributed by atoms with Crippen LogP contribution in [0.1, 0.15) is 29.4 Å². The van der Waals surface area contributed by atoms with E-state index in [9.17, 15) is 9.90 Å². The average Bonchev–Trinajstić information content (AvgIpc) is 2.79. The molecule has 0 spiro atoms. The number of piperazine rings is 1. The first kappa shape index (κ1) is 15.0. The maximum absolute atomic E-state index is 12.5. The molecule has 1 aliphatic rings. The summed E-state index contributed by atoms with van der Waals surface area (Å²) in [6.07, 6.45) is 2.72. The van der Waals surface area contributed by atoms with Gasteiger partial charge in [-0.05, 0) is 13.3 Å². The van der Waals surface area contributed by atoms with Crippen LogP contribution in [0.2, 0.25) is 0 Å². The number of carbonyl (C=O) groups excluding carboxylic acids is 1. The van der Waals surface area contributed by atoms with Gasteiger partial charge in [0, 0.05) is 45.5 Å². The SMILES string of the molecule is CCC(CO)N1CCN(C(=O)c2cn(C)nc2C)CC1. The average molecular weight is 280 g/mol. The summed E-state index contributed by atoms with van der Waals surface area (Å²) in [4.78, 5) is 16.6. The smallest absolute Gasteiger partial charge is 0.257 e. The topological polar surface area (TPSA) is 61.6 Å². The Morgan fingerprint density at radius 3 is 2.50 bits per heavy atom. The highest BCUT2D eigenvalue weighted by Gasteiger charge is 2.26. The van der Waals surface area contributed by atoms with Crippen LogP contribution >= 0.6 is 0 Å². The second kappa shape index (κ2) is 6.37. The van der Waals surface area contributed by atoms with Crippen LogP contribution in [-0.2, 0) is 7.05 Å². The number of amides is 1. The van der Waals surface area contributed by atoms with Crippen molar-refractivity contribution >= 4 is 5.91 Å². The van der Waals surface area contributed by atoms with Gasteiger partial charge in [-0.1, -0.05) is 6.92 Å². The molecule has 1 atom stereocenters. The van der Waals surface area contributed by atoms with Crippen LogP contribution in [0.5, 0.6) is 0 Å². The van der Waals surface area contributed by atoms with Crippen LogP contribution in [0.25, 0.3) is 0 Å². The van der Waals surface area contributed by atoms with Gasteiger partial charge in [0.05, 0.1) is 17.9 Å². The fraction of sp³-hybridized carbons (Fsp3) is 0.714. The number of nitrogens with zero attached hydrogens (tertiary/aromatic N) is 4. The quantitative estimate of drug-likeness (QED) is 0.859. The summed E-state index contributed by atoms with van der Waals surface area (Å²) < 4.78 is 1.68. The zero-order chi connectivity index (χ0) is 14.7. The Morgan fingerprint density at radius 2 is 2.05 bits per heavy atom. The number of rotatable bonds is 4. The third kappa shape index (κ3) is 3.02. The maximum Gasteiger partial charge on any atom is 0.257 e. The Labute approximate surface area is 120 Å². The van der Waals surface area contributed by atoms with Crippen LogP contribution in [0.3, 0.4) is 0 Å². The van der Waals surface area contributed by atoms with E-state index in [1.807, 2.05) is 18.9 Å². The zero-order valence-corrected chi connectivity index (χ0v) is 12.5. The van der Waals surface area contributed by atoms with E-state index in [4.69, 9.17) is 0 Å². The molecule has 1 aliphatic heterocycles. The predicted octanol–water partition coefficient (Wildman–Crippen LogP) is 0.257. The lowest BCUT2D eigenvalue weighted by atomic mass is 10.1. The van der Waals surface area contributed by atoms with Gasteiger partial charge in [0.25, 0.3) is 5.91 Å². The van der Waals surface area contributed by atoms with Gasteiger partial charge in [0.15, 0.2) is 0 Å². The Hall–Kier alpha value is -1.40. The van der Waals surface area contributed by atoms with Gasteiger partial charge < -0.3 is 10.0 Å². The van der Waals surface area contributed by atoms with Gasteiger partial charge in [0.1, 0.15) is 0 Å². The molecule has 0 radical (unpaired) electrons. The highest BCUT2D eigenvalue weighted by molar-refractivity contribution is 5.95. The van der Waals surface area contributed by atoms with Crippen molar-refractivity contribution < 1.29 is 9.90 Å². The molecule has 0 aliphatic carbocycles. The van der Waals surface area contributed by atoms with Gasteiger partial charge in [-0.3, -0.25) is 14.4 Å². The summed E-state index contributed by atoms with van der Waals surface area (Å²) in [7, 11) is 1.83. The first-order valence-electron chi connectivity index (χ1n) is 7.21. The third-order valence-corrected chi connectivity index (χ3v) is 4.04. The van der Waals surface area contributed by atoms with E-state index in [1.54, 1.807) is 10.9 Å². The number of hydrogen-bond acceptors (Lipinski definition) is 4. The molecule has 2 heterocycles. The van der Waals surface area contributed by atoms with Gasteiger partial charge in [-0.25, -0.2) is 0 Å². The summed E-state index contributed by atoms with van der Waals surface area (Å²) in [5, 5.41) is 13.6. The number of aliphatic hydroxyl groups is 1. The first-order valence-corrected chi connectivity index (χ1v) is 7.21. The van der Waals surface area contributed by atoms with Crippen LogP contribution in [0.15, 0.2) is 6.20 Å². The highest BCUT2D eigenvalue weighted by Crippen LogP contribution is 2.13. The van der Waals surface area contributed by atoms with Gasteiger partial charge in [0.2, 0.25) is 0 Å². The molecule has 1 aromatic heterocycles. The number of aromatic nitrogens is 2. The lowest BCUT2D eigenvalue weighted by Crippen LogP contribution is -2.52. The molecule has 6 nitrogen and oxygen atoms in total. The maximum atomic E-state index is 12.5.